The number of carbonyl (C=O) groups excluding carboxylic acids is 1. The molecule has 2 rings (SSSR count). The molecule has 5 nitrogen and oxygen atoms in total. The van der Waals surface area contributed by atoms with Gasteiger partial charge < -0.3 is 5.32 Å². The van der Waals surface area contributed by atoms with Crippen molar-refractivity contribution in [3.05, 3.63) is 52.3 Å². The highest BCUT2D eigenvalue weighted by molar-refractivity contribution is 6.34. The number of pyridine rings is 1. The smallest absolute Gasteiger partial charge is 0.254 e. The molecule has 0 aromatic carbocycles. The van der Waals surface area contributed by atoms with E-state index in [2.05, 4.69) is 20.3 Å². The summed E-state index contributed by atoms with van der Waals surface area (Å²) in [5.41, 5.74) is 0.978. The zero-order valence-corrected chi connectivity index (χ0v) is 10.6. The van der Waals surface area contributed by atoms with Gasteiger partial charge in [-0.2, -0.15) is 0 Å². The molecule has 0 saturated carbocycles. The largest absolute Gasteiger partial charge is 0.346 e. The first kappa shape index (κ1) is 12.7. The summed E-state index contributed by atoms with van der Waals surface area (Å²) in [6, 6.07) is 4.74. The summed E-state index contributed by atoms with van der Waals surface area (Å²) in [6.07, 6.45) is 3.02. The lowest BCUT2D eigenvalue weighted by atomic mass is 10.2. The molecule has 0 aliphatic rings. The average Bonchev–Trinajstić information content (AvgIpc) is 2.37. The Balaban J connectivity index is 2.04. The van der Waals surface area contributed by atoms with Crippen LogP contribution in [0, 0.1) is 0 Å². The van der Waals surface area contributed by atoms with E-state index in [0.717, 1.165) is 0 Å². The lowest BCUT2D eigenvalue weighted by Gasteiger charge is -2.05. The predicted octanol–water partition coefficient (Wildman–Crippen LogP) is 2.11. The Labute approximate surface area is 113 Å². The molecular weight excluding hydrogens is 275 g/mol. The Morgan fingerprint density at radius 3 is 2.78 bits per heavy atom. The van der Waals surface area contributed by atoms with Gasteiger partial charge >= 0.3 is 0 Å². The third kappa shape index (κ3) is 3.15. The highest BCUT2D eigenvalue weighted by Crippen LogP contribution is 2.16. The van der Waals surface area contributed by atoms with E-state index in [1.165, 1.54) is 18.5 Å². The van der Waals surface area contributed by atoms with E-state index in [0.29, 0.717) is 12.2 Å². The number of halogens is 2. The van der Waals surface area contributed by atoms with Crippen molar-refractivity contribution in [2.45, 2.75) is 6.54 Å². The first-order valence-electron chi connectivity index (χ1n) is 5.02. The Morgan fingerprint density at radius 1 is 1.28 bits per heavy atom. The van der Waals surface area contributed by atoms with Crippen molar-refractivity contribution in [1.29, 1.82) is 0 Å². The molecule has 0 saturated heterocycles. The molecule has 2 aromatic rings. The van der Waals surface area contributed by atoms with Crippen molar-refractivity contribution < 1.29 is 4.79 Å². The number of hydrogen-bond donors (Lipinski definition) is 1. The molecule has 0 bridgehead atoms. The minimum atomic E-state index is -0.331. The van der Waals surface area contributed by atoms with Crippen molar-refractivity contribution in [3.63, 3.8) is 0 Å². The van der Waals surface area contributed by atoms with Crippen molar-refractivity contribution >= 4 is 29.1 Å². The zero-order chi connectivity index (χ0) is 13.0. The second-order valence-corrected chi connectivity index (χ2v) is 4.10. The van der Waals surface area contributed by atoms with Crippen LogP contribution in [-0.2, 0) is 6.54 Å². The quantitative estimate of drug-likeness (QED) is 0.876. The van der Waals surface area contributed by atoms with Crippen LogP contribution in [0.3, 0.4) is 0 Å². The van der Waals surface area contributed by atoms with Gasteiger partial charge in [0.2, 0.25) is 0 Å². The molecule has 0 radical (unpaired) electrons. The fraction of sp³-hybridized carbons (Fsp3) is 0.0909. The first-order chi connectivity index (χ1) is 8.66. The molecule has 1 N–H and O–H groups in total. The van der Waals surface area contributed by atoms with Crippen molar-refractivity contribution in [2.75, 3.05) is 0 Å². The molecule has 0 spiro atoms. The van der Waals surface area contributed by atoms with E-state index in [9.17, 15) is 4.79 Å². The van der Waals surface area contributed by atoms with Gasteiger partial charge in [0.05, 0.1) is 17.8 Å². The minimum absolute atomic E-state index is 0.0719. The van der Waals surface area contributed by atoms with Crippen LogP contribution < -0.4 is 5.32 Å². The van der Waals surface area contributed by atoms with Crippen LogP contribution in [0.4, 0.5) is 0 Å². The summed E-state index contributed by atoms with van der Waals surface area (Å²) in [7, 11) is 0. The summed E-state index contributed by atoms with van der Waals surface area (Å²) < 4.78 is 0. The maximum absolute atomic E-state index is 11.8. The third-order valence-corrected chi connectivity index (χ3v) is 2.63. The standard InChI is InChI=1S/C11H8Cl2N4O/c12-9-2-1-8(10(13)17-9)11(18)15-5-7-3-4-14-6-16-7/h1-4,6H,5H2,(H,15,18). The van der Waals surface area contributed by atoms with Crippen LogP contribution in [0.1, 0.15) is 16.1 Å². The number of aromatic nitrogens is 3. The normalized spacial score (nSPS) is 10.1. The molecule has 0 atom stereocenters. The molecule has 92 valence electrons. The molecule has 18 heavy (non-hydrogen) atoms. The molecule has 2 aromatic heterocycles. The summed E-state index contributed by atoms with van der Waals surface area (Å²) in [5.74, 6) is -0.331. The third-order valence-electron chi connectivity index (χ3n) is 2.13. The van der Waals surface area contributed by atoms with Gasteiger partial charge in [-0.25, -0.2) is 15.0 Å². The number of nitrogens with one attached hydrogen (secondary N) is 1. The maximum Gasteiger partial charge on any atom is 0.254 e. The summed E-state index contributed by atoms with van der Waals surface area (Å²) in [4.78, 5) is 23.4. The number of carbonyl (C=O) groups is 1. The van der Waals surface area contributed by atoms with Crippen molar-refractivity contribution in [3.8, 4) is 0 Å². The van der Waals surface area contributed by atoms with Crippen LogP contribution in [0.15, 0.2) is 30.7 Å². The second kappa shape index (κ2) is 5.75. The Morgan fingerprint density at radius 2 is 2.11 bits per heavy atom. The van der Waals surface area contributed by atoms with E-state index >= 15 is 0 Å². The molecule has 1 amide bonds. The molecule has 0 aliphatic carbocycles. The van der Waals surface area contributed by atoms with Crippen molar-refractivity contribution in [2.24, 2.45) is 0 Å². The SMILES string of the molecule is O=C(NCc1ccncn1)c1ccc(Cl)nc1Cl. The van der Waals surface area contributed by atoms with Crippen LogP contribution in [0.2, 0.25) is 10.3 Å². The van der Waals surface area contributed by atoms with Crippen LogP contribution in [0.5, 0.6) is 0 Å². The maximum atomic E-state index is 11.8. The van der Waals surface area contributed by atoms with Crippen LogP contribution >= 0.6 is 23.2 Å². The van der Waals surface area contributed by atoms with E-state index in [-0.39, 0.29) is 21.8 Å². The zero-order valence-electron chi connectivity index (χ0n) is 9.10. The number of nitrogens with zero attached hydrogens (tertiary/aromatic N) is 3. The van der Waals surface area contributed by atoms with Crippen LogP contribution in [0.25, 0.3) is 0 Å². The molecule has 2 heterocycles. The van der Waals surface area contributed by atoms with Gasteiger partial charge in [-0.05, 0) is 18.2 Å². The molecule has 0 unspecified atom stereocenters. The molecule has 7 heteroatoms. The fourth-order valence-corrected chi connectivity index (χ4v) is 1.70. The first-order valence-corrected chi connectivity index (χ1v) is 5.77. The van der Waals surface area contributed by atoms with E-state index in [1.54, 1.807) is 12.3 Å². The lowest BCUT2D eigenvalue weighted by Crippen LogP contribution is -2.23. The number of rotatable bonds is 3. The lowest BCUT2D eigenvalue weighted by molar-refractivity contribution is 0.0950. The Hall–Kier alpha value is -1.72. The predicted molar refractivity (Wildman–Crippen MR) is 67.5 cm³/mol. The molecule has 0 fully saturated rings. The van der Waals surface area contributed by atoms with Gasteiger partial charge in [0.15, 0.2) is 0 Å². The van der Waals surface area contributed by atoms with Gasteiger partial charge in [0, 0.05) is 6.20 Å². The second-order valence-electron chi connectivity index (χ2n) is 3.36. The van der Waals surface area contributed by atoms with E-state index in [1.807, 2.05) is 0 Å². The summed E-state index contributed by atoms with van der Waals surface area (Å²) in [5, 5.41) is 2.99. The van der Waals surface area contributed by atoms with Crippen LogP contribution in [-0.4, -0.2) is 20.9 Å². The Kier molecular flexibility index (Phi) is 4.07. The molecular formula is C11H8Cl2N4O. The monoisotopic (exact) mass is 282 g/mol. The minimum Gasteiger partial charge on any atom is -0.346 e. The highest BCUT2D eigenvalue weighted by Gasteiger charge is 2.11. The fourth-order valence-electron chi connectivity index (χ4n) is 1.27. The number of amides is 1. The van der Waals surface area contributed by atoms with E-state index in [4.69, 9.17) is 23.2 Å². The highest BCUT2D eigenvalue weighted by atomic mass is 35.5. The Bertz CT molecular complexity index is 562. The van der Waals surface area contributed by atoms with Crippen molar-refractivity contribution in [1.82, 2.24) is 20.3 Å². The van der Waals surface area contributed by atoms with Gasteiger partial charge in [0.25, 0.3) is 5.91 Å². The van der Waals surface area contributed by atoms with Gasteiger partial charge in [0.1, 0.15) is 16.6 Å². The molecule has 0 aliphatic heterocycles. The average molecular weight is 283 g/mol. The van der Waals surface area contributed by atoms with Gasteiger partial charge in [-0.15, -0.1) is 0 Å². The number of hydrogen-bond acceptors (Lipinski definition) is 4. The van der Waals surface area contributed by atoms with E-state index < -0.39 is 0 Å². The topological polar surface area (TPSA) is 67.8 Å². The van der Waals surface area contributed by atoms with Gasteiger partial charge in [-0.3, -0.25) is 4.79 Å². The summed E-state index contributed by atoms with van der Waals surface area (Å²) >= 11 is 11.5. The summed E-state index contributed by atoms with van der Waals surface area (Å²) in [6.45, 7) is 0.292. The van der Waals surface area contributed by atoms with Gasteiger partial charge in [-0.1, -0.05) is 23.2 Å².